The second-order valence-corrected chi connectivity index (χ2v) is 8.71. The van der Waals surface area contributed by atoms with Crippen LogP contribution in [-0.4, -0.2) is 67.5 Å². The Morgan fingerprint density at radius 1 is 1.14 bits per heavy atom. The molecule has 180 valence electrons. The molecule has 4 heterocycles. The highest BCUT2D eigenvalue weighted by atomic mass is 35.5. The van der Waals surface area contributed by atoms with Crippen molar-refractivity contribution in [2.75, 3.05) is 20.2 Å². The molecule has 0 atom stereocenters. The predicted octanol–water partition coefficient (Wildman–Crippen LogP) is 2.57. The Hall–Kier alpha value is -3.99. The van der Waals surface area contributed by atoms with Crippen LogP contribution in [0.4, 0.5) is 0 Å². The number of piperidine rings is 1. The minimum Gasteiger partial charge on any atom is -0.481 e. The van der Waals surface area contributed by atoms with E-state index in [0.717, 1.165) is 16.6 Å². The van der Waals surface area contributed by atoms with Crippen molar-refractivity contribution >= 4 is 34.4 Å². The molecule has 3 N–H and O–H groups in total. The number of ether oxygens (including phenoxy) is 1. The Bertz CT molecular complexity index is 1380. The topological polar surface area (TPSA) is 142 Å². The highest BCUT2D eigenvalue weighted by molar-refractivity contribution is 6.33. The first-order valence-electron chi connectivity index (χ1n) is 11.1. The molecule has 0 aliphatic carbocycles. The number of H-pyrrole nitrogens is 2. The van der Waals surface area contributed by atoms with Gasteiger partial charge in [0.05, 0.1) is 24.0 Å². The number of benzene rings is 1. The fourth-order valence-electron chi connectivity index (χ4n) is 4.14. The molecule has 12 heteroatoms. The molecule has 11 nitrogen and oxygen atoms in total. The fraction of sp³-hybridized carbons (Fsp3) is 0.304. The normalized spacial score (nSPS) is 14.3. The van der Waals surface area contributed by atoms with Crippen molar-refractivity contribution in [2.45, 2.75) is 19.4 Å². The van der Waals surface area contributed by atoms with Crippen molar-refractivity contribution in [1.29, 1.82) is 0 Å². The molecule has 1 aliphatic heterocycles. The summed E-state index contributed by atoms with van der Waals surface area (Å²) in [6.45, 7) is 1.39. The number of rotatable bonds is 6. The van der Waals surface area contributed by atoms with Crippen LogP contribution < -0.4 is 10.1 Å². The average molecular weight is 495 g/mol. The molecule has 0 spiro atoms. The summed E-state index contributed by atoms with van der Waals surface area (Å²) < 4.78 is 5.14. The van der Waals surface area contributed by atoms with Gasteiger partial charge in [0, 0.05) is 37.2 Å². The van der Waals surface area contributed by atoms with Crippen LogP contribution in [0.3, 0.4) is 0 Å². The maximum absolute atomic E-state index is 13.0. The van der Waals surface area contributed by atoms with Crippen LogP contribution in [0.25, 0.3) is 22.3 Å². The number of carbonyl (C=O) groups is 2. The average Bonchev–Trinajstić information content (AvgIpc) is 3.57. The first kappa shape index (κ1) is 22.8. The van der Waals surface area contributed by atoms with E-state index in [9.17, 15) is 9.59 Å². The van der Waals surface area contributed by atoms with Gasteiger partial charge in [-0.25, -0.2) is 4.98 Å². The van der Waals surface area contributed by atoms with Crippen LogP contribution in [0.1, 0.15) is 28.9 Å². The van der Waals surface area contributed by atoms with E-state index >= 15 is 0 Å². The largest absolute Gasteiger partial charge is 0.481 e. The summed E-state index contributed by atoms with van der Waals surface area (Å²) in [5.74, 6) is 0.0812. The first-order valence-corrected chi connectivity index (χ1v) is 11.5. The molecule has 1 aromatic carbocycles. The Morgan fingerprint density at radius 3 is 2.74 bits per heavy atom. The summed E-state index contributed by atoms with van der Waals surface area (Å²) in [6, 6.07) is 9.01. The molecule has 4 aromatic rings. The quantitative estimate of drug-likeness (QED) is 0.374. The molecule has 1 fully saturated rings. The predicted molar refractivity (Wildman–Crippen MR) is 128 cm³/mol. The van der Waals surface area contributed by atoms with Gasteiger partial charge in [-0.05, 0) is 36.6 Å². The molecule has 2 amide bonds. The number of amides is 2. The lowest BCUT2D eigenvalue weighted by molar-refractivity contribution is -0.126. The number of methoxy groups -OCH3 is 1. The third-order valence-electron chi connectivity index (χ3n) is 6.12. The van der Waals surface area contributed by atoms with Crippen LogP contribution in [0.2, 0.25) is 5.02 Å². The highest BCUT2D eigenvalue weighted by Gasteiger charge is 2.28. The van der Waals surface area contributed by atoms with Crippen LogP contribution in [-0.2, 0) is 11.3 Å². The zero-order valence-electron chi connectivity index (χ0n) is 18.9. The number of likely N-dealkylation sites (tertiary alicyclic amines) is 1. The van der Waals surface area contributed by atoms with E-state index in [0.29, 0.717) is 60.3 Å². The minimum absolute atomic E-state index is 0.0116. The minimum atomic E-state index is -0.166. The van der Waals surface area contributed by atoms with E-state index in [1.54, 1.807) is 17.0 Å². The van der Waals surface area contributed by atoms with Gasteiger partial charge in [0.15, 0.2) is 0 Å². The molecular weight excluding hydrogens is 472 g/mol. The third-order valence-corrected chi connectivity index (χ3v) is 6.43. The van der Waals surface area contributed by atoms with E-state index < -0.39 is 0 Å². The number of aromatic nitrogens is 6. The van der Waals surface area contributed by atoms with Crippen molar-refractivity contribution in [3.05, 3.63) is 52.8 Å². The zero-order chi connectivity index (χ0) is 24.4. The van der Waals surface area contributed by atoms with Gasteiger partial charge in [0.25, 0.3) is 5.91 Å². The molecule has 35 heavy (non-hydrogen) atoms. The van der Waals surface area contributed by atoms with Crippen molar-refractivity contribution in [3.8, 4) is 17.1 Å². The smallest absolute Gasteiger partial charge is 0.271 e. The summed E-state index contributed by atoms with van der Waals surface area (Å²) in [5, 5.41) is 21.1. The fourth-order valence-corrected chi connectivity index (χ4v) is 4.34. The van der Waals surface area contributed by atoms with E-state index in [1.165, 1.54) is 13.3 Å². The third kappa shape index (κ3) is 4.80. The summed E-state index contributed by atoms with van der Waals surface area (Å²) >= 11 is 6.24. The van der Waals surface area contributed by atoms with E-state index in [4.69, 9.17) is 16.3 Å². The Labute approximate surface area is 205 Å². The van der Waals surface area contributed by atoms with Crippen LogP contribution in [0.5, 0.6) is 5.88 Å². The maximum atomic E-state index is 13.0. The number of carbonyl (C=O) groups excluding carboxylic acids is 2. The van der Waals surface area contributed by atoms with Crippen LogP contribution in [0.15, 0.2) is 36.5 Å². The van der Waals surface area contributed by atoms with Gasteiger partial charge in [-0.15, -0.1) is 0 Å². The lowest BCUT2D eigenvalue weighted by Crippen LogP contribution is -2.43. The lowest BCUT2D eigenvalue weighted by atomic mass is 9.95. The van der Waals surface area contributed by atoms with E-state index in [1.807, 2.05) is 18.2 Å². The van der Waals surface area contributed by atoms with Gasteiger partial charge in [0.2, 0.25) is 11.8 Å². The molecule has 1 aliphatic rings. The molecule has 1 saturated heterocycles. The molecule has 3 aromatic heterocycles. The van der Waals surface area contributed by atoms with Crippen LogP contribution in [0, 0.1) is 5.92 Å². The summed E-state index contributed by atoms with van der Waals surface area (Å²) in [6.07, 6.45) is 2.66. The summed E-state index contributed by atoms with van der Waals surface area (Å²) in [5.41, 5.74) is 4.00. The maximum Gasteiger partial charge on any atom is 0.271 e. The Kier molecular flexibility index (Phi) is 6.32. The number of hydrogen-bond acceptors (Lipinski definition) is 7. The second-order valence-electron chi connectivity index (χ2n) is 8.30. The van der Waals surface area contributed by atoms with Gasteiger partial charge in [-0.1, -0.05) is 17.7 Å². The van der Waals surface area contributed by atoms with Crippen LogP contribution >= 0.6 is 11.6 Å². The number of pyridine rings is 1. The molecule has 0 saturated carbocycles. The van der Waals surface area contributed by atoms with Gasteiger partial charge < -0.3 is 15.0 Å². The second kappa shape index (κ2) is 9.71. The van der Waals surface area contributed by atoms with Crippen molar-refractivity contribution in [2.24, 2.45) is 5.92 Å². The van der Waals surface area contributed by atoms with Gasteiger partial charge >= 0.3 is 0 Å². The van der Waals surface area contributed by atoms with Gasteiger partial charge in [0.1, 0.15) is 16.7 Å². The zero-order valence-corrected chi connectivity index (χ0v) is 19.7. The Morgan fingerprint density at radius 2 is 1.94 bits per heavy atom. The van der Waals surface area contributed by atoms with Crippen molar-refractivity contribution < 1.29 is 14.3 Å². The van der Waals surface area contributed by atoms with Crippen molar-refractivity contribution in [1.82, 2.24) is 40.8 Å². The summed E-state index contributed by atoms with van der Waals surface area (Å²) in [4.78, 5) is 31.5. The van der Waals surface area contributed by atoms with Gasteiger partial charge in [-0.3, -0.25) is 14.7 Å². The first-order chi connectivity index (χ1) is 17.0. The standard InChI is InChI=1S/C23H23ClN8O3/c1-35-21-9-15(16(24)12-25-21)18-10-20(28-27-18)23(34)32-6-4-14(5-7-32)22(33)26-11-13-2-3-17-19(8-13)30-31-29-17/h2-3,8-10,12,14H,4-7,11H2,1H3,(H,26,33)(H,27,28)(H,29,30,31). The molecule has 0 bridgehead atoms. The van der Waals surface area contributed by atoms with Crippen molar-refractivity contribution in [3.63, 3.8) is 0 Å². The molecule has 0 radical (unpaired) electrons. The van der Waals surface area contributed by atoms with E-state index in [-0.39, 0.29) is 17.7 Å². The monoisotopic (exact) mass is 494 g/mol. The SMILES string of the molecule is COc1cc(-c2cc(C(=O)N3CCC(C(=O)NCc4ccc5n[nH]nc5c4)CC3)[nH]n2)c(Cl)cn1. The number of nitrogens with zero attached hydrogens (tertiary/aromatic N) is 5. The van der Waals surface area contributed by atoms with E-state index in [2.05, 4.69) is 35.9 Å². The number of hydrogen-bond donors (Lipinski definition) is 3. The highest BCUT2D eigenvalue weighted by Crippen LogP contribution is 2.29. The van der Waals surface area contributed by atoms with Gasteiger partial charge in [-0.2, -0.15) is 20.5 Å². The number of fused-ring (bicyclic) bond motifs is 1. The summed E-state index contributed by atoms with van der Waals surface area (Å²) in [7, 11) is 1.51. The molecule has 0 unspecified atom stereocenters. The number of halogens is 1. The lowest BCUT2D eigenvalue weighted by Gasteiger charge is -2.31. The molecular formula is C23H23ClN8O3. The number of nitrogens with one attached hydrogen (secondary N) is 3. The molecule has 5 rings (SSSR count). The Balaban J connectivity index is 1.16. The number of aromatic amines is 2.